The molecule has 0 radical (unpaired) electrons. The molecular formula is C9H12ClN3S. The first-order valence-corrected chi connectivity index (χ1v) is 5.88. The van der Waals surface area contributed by atoms with E-state index in [1.807, 2.05) is 6.92 Å². The van der Waals surface area contributed by atoms with Crippen LogP contribution in [0, 0.1) is 6.92 Å². The van der Waals surface area contributed by atoms with Crippen molar-refractivity contribution in [1.29, 1.82) is 0 Å². The van der Waals surface area contributed by atoms with E-state index in [0.29, 0.717) is 10.4 Å². The predicted molar refractivity (Wildman–Crippen MR) is 58.9 cm³/mol. The molecular weight excluding hydrogens is 218 g/mol. The molecule has 76 valence electrons. The zero-order valence-electron chi connectivity index (χ0n) is 7.96. The Morgan fingerprint density at radius 2 is 2.50 bits per heavy atom. The largest absolute Gasteiger partial charge is 0.316 e. The van der Waals surface area contributed by atoms with E-state index in [1.165, 1.54) is 6.42 Å². The van der Waals surface area contributed by atoms with Crippen LogP contribution in [0.3, 0.4) is 0 Å². The van der Waals surface area contributed by atoms with Gasteiger partial charge in [0.15, 0.2) is 5.16 Å². The number of nitrogens with one attached hydrogen (secondary N) is 1. The van der Waals surface area contributed by atoms with E-state index in [9.17, 15) is 0 Å². The van der Waals surface area contributed by atoms with E-state index in [2.05, 4.69) is 15.3 Å². The van der Waals surface area contributed by atoms with Gasteiger partial charge in [0.05, 0.1) is 0 Å². The van der Waals surface area contributed by atoms with Crippen molar-refractivity contribution in [2.75, 3.05) is 13.1 Å². The number of aryl methyl sites for hydroxylation is 1. The highest BCUT2D eigenvalue weighted by Gasteiger charge is 2.17. The minimum absolute atomic E-state index is 0.563. The van der Waals surface area contributed by atoms with Crippen molar-refractivity contribution in [2.24, 2.45) is 0 Å². The van der Waals surface area contributed by atoms with E-state index in [1.54, 1.807) is 18.0 Å². The Morgan fingerprint density at radius 3 is 3.14 bits per heavy atom. The number of hydrogen-bond donors (Lipinski definition) is 1. The van der Waals surface area contributed by atoms with E-state index in [4.69, 9.17) is 11.6 Å². The lowest BCUT2D eigenvalue weighted by molar-refractivity contribution is 0.857. The van der Waals surface area contributed by atoms with Crippen molar-refractivity contribution in [1.82, 2.24) is 15.3 Å². The molecule has 0 amide bonds. The van der Waals surface area contributed by atoms with E-state index in [-0.39, 0.29) is 0 Å². The second-order valence-corrected chi connectivity index (χ2v) is 4.98. The van der Waals surface area contributed by atoms with Crippen LogP contribution in [0.25, 0.3) is 0 Å². The van der Waals surface area contributed by atoms with Gasteiger partial charge < -0.3 is 5.32 Å². The summed E-state index contributed by atoms with van der Waals surface area (Å²) in [6.07, 6.45) is 2.96. The molecule has 1 aromatic heterocycles. The molecule has 0 aliphatic carbocycles. The van der Waals surface area contributed by atoms with Gasteiger partial charge in [0.2, 0.25) is 0 Å². The Hall–Kier alpha value is -0.320. The number of halogens is 1. The summed E-state index contributed by atoms with van der Waals surface area (Å²) in [5.41, 5.74) is 0.931. The average molecular weight is 230 g/mol. The monoisotopic (exact) mass is 229 g/mol. The van der Waals surface area contributed by atoms with Gasteiger partial charge >= 0.3 is 0 Å². The van der Waals surface area contributed by atoms with Crippen LogP contribution in [0.1, 0.15) is 12.0 Å². The maximum Gasteiger partial charge on any atom is 0.189 e. The van der Waals surface area contributed by atoms with Crippen LogP contribution in [0.2, 0.25) is 5.15 Å². The summed E-state index contributed by atoms with van der Waals surface area (Å²) >= 11 is 7.62. The lowest BCUT2D eigenvalue weighted by atomic mass is 10.4. The van der Waals surface area contributed by atoms with Crippen molar-refractivity contribution in [3.63, 3.8) is 0 Å². The van der Waals surface area contributed by atoms with Crippen LogP contribution in [-0.4, -0.2) is 28.3 Å². The Morgan fingerprint density at radius 1 is 1.64 bits per heavy atom. The third-order valence-electron chi connectivity index (χ3n) is 2.18. The maximum absolute atomic E-state index is 5.92. The fourth-order valence-electron chi connectivity index (χ4n) is 1.34. The molecule has 1 unspecified atom stereocenters. The van der Waals surface area contributed by atoms with E-state index in [0.717, 1.165) is 23.8 Å². The number of aromatic nitrogens is 2. The average Bonchev–Trinajstić information content (AvgIpc) is 2.64. The first kappa shape index (κ1) is 10.2. The molecule has 2 rings (SSSR count). The predicted octanol–water partition coefficient (Wildman–Crippen LogP) is 1.89. The lowest BCUT2D eigenvalue weighted by Crippen LogP contribution is -2.10. The molecule has 1 atom stereocenters. The molecule has 3 nitrogen and oxygen atoms in total. The van der Waals surface area contributed by atoms with Gasteiger partial charge in [-0.15, -0.1) is 0 Å². The van der Waals surface area contributed by atoms with Gasteiger partial charge in [-0.3, -0.25) is 0 Å². The van der Waals surface area contributed by atoms with Gasteiger partial charge in [0.1, 0.15) is 5.15 Å². The van der Waals surface area contributed by atoms with Crippen LogP contribution >= 0.6 is 23.4 Å². The zero-order valence-corrected chi connectivity index (χ0v) is 9.53. The van der Waals surface area contributed by atoms with Gasteiger partial charge in [0, 0.05) is 23.6 Å². The molecule has 0 aromatic carbocycles. The third kappa shape index (κ3) is 2.38. The molecule has 1 fully saturated rings. The van der Waals surface area contributed by atoms with Gasteiger partial charge in [0.25, 0.3) is 0 Å². The summed E-state index contributed by atoms with van der Waals surface area (Å²) < 4.78 is 0. The van der Waals surface area contributed by atoms with Crippen LogP contribution in [0.4, 0.5) is 0 Å². The highest BCUT2D eigenvalue weighted by Crippen LogP contribution is 2.25. The fourth-order valence-corrected chi connectivity index (χ4v) is 2.51. The van der Waals surface area contributed by atoms with E-state index < -0.39 is 0 Å². The Balaban J connectivity index is 2.05. The molecule has 1 aromatic rings. The normalized spacial score (nSPS) is 21.4. The standard InChI is InChI=1S/C9H12ClN3S/c1-6-4-12-9(13-8(6)10)14-7-2-3-11-5-7/h4,7,11H,2-3,5H2,1H3. The molecule has 1 aliphatic heterocycles. The molecule has 14 heavy (non-hydrogen) atoms. The first-order valence-electron chi connectivity index (χ1n) is 4.62. The lowest BCUT2D eigenvalue weighted by Gasteiger charge is -2.06. The topological polar surface area (TPSA) is 37.8 Å². The summed E-state index contributed by atoms with van der Waals surface area (Å²) in [7, 11) is 0. The molecule has 0 bridgehead atoms. The Labute approximate surface area is 92.7 Å². The van der Waals surface area contributed by atoms with Gasteiger partial charge in [-0.2, -0.15) is 0 Å². The smallest absolute Gasteiger partial charge is 0.189 e. The molecule has 0 saturated carbocycles. The highest BCUT2D eigenvalue weighted by molar-refractivity contribution is 7.99. The minimum Gasteiger partial charge on any atom is -0.316 e. The first-order chi connectivity index (χ1) is 6.75. The SMILES string of the molecule is Cc1cnc(SC2CCNC2)nc1Cl. The summed E-state index contributed by atoms with van der Waals surface area (Å²) in [4.78, 5) is 8.47. The second kappa shape index (κ2) is 4.47. The van der Waals surface area contributed by atoms with Crippen molar-refractivity contribution < 1.29 is 0 Å². The van der Waals surface area contributed by atoms with Crippen LogP contribution in [-0.2, 0) is 0 Å². The molecule has 0 spiro atoms. The van der Waals surface area contributed by atoms with Crippen molar-refractivity contribution >= 4 is 23.4 Å². The van der Waals surface area contributed by atoms with Crippen LogP contribution < -0.4 is 5.32 Å². The van der Waals surface area contributed by atoms with Crippen molar-refractivity contribution in [2.45, 2.75) is 23.8 Å². The second-order valence-electron chi connectivity index (χ2n) is 3.36. The molecule has 2 heterocycles. The van der Waals surface area contributed by atoms with E-state index >= 15 is 0 Å². The van der Waals surface area contributed by atoms with Gasteiger partial charge in [-0.1, -0.05) is 23.4 Å². The van der Waals surface area contributed by atoms with Gasteiger partial charge in [-0.25, -0.2) is 9.97 Å². The Kier molecular flexibility index (Phi) is 3.26. The quantitative estimate of drug-likeness (QED) is 0.621. The summed E-state index contributed by atoms with van der Waals surface area (Å²) in [6.45, 7) is 4.05. The number of hydrogen-bond acceptors (Lipinski definition) is 4. The summed E-state index contributed by atoms with van der Waals surface area (Å²) in [5.74, 6) is 0. The zero-order chi connectivity index (χ0) is 9.97. The molecule has 1 saturated heterocycles. The summed E-state index contributed by atoms with van der Waals surface area (Å²) in [6, 6.07) is 0. The number of rotatable bonds is 2. The third-order valence-corrected chi connectivity index (χ3v) is 3.70. The van der Waals surface area contributed by atoms with Crippen LogP contribution in [0.5, 0.6) is 0 Å². The molecule has 1 aliphatic rings. The van der Waals surface area contributed by atoms with Gasteiger partial charge in [-0.05, 0) is 19.9 Å². The van der Waals surface area contributed by atoms with Crippen molar-refractivity contribution in [3.05, 3.63) is 16.9 Å². The highest BCUT2D eigenvalue weighted by atomic mass is 35.5. The van der Waals surface area contributed by atoms with Crippen LogP contribution in [0.15, 0.2) is 11.4 Å². The molecule has 5 heteroatoms. The fraction of sp³-hybridized carbons (Fsp3) is 0.556. The number of thioether (sulfide) groups is 1. The summed E-state index contributed by atoms with van der Waals surface area (Å²) in [5, 5.41) is 5.25. The Bertz CT molecular complexity index is 326. The van der Waals surface area contributed by atoms with Crippen molar-refractivity contribution in [3.8, 4) is 0 Å². The molecule has 1 N–H and O–H groups in total. The maximum atomic E-state index is 5.92. The number of nitrogens with zero attached hydrogens (tertiary/aromatic N) is 2. The minimum atomic E-state index is 0.563.